The van der Waals surface area contributed by atoms with E-state index in [1.54, 1.807) is 0 Å². The largest absolute Gasteiger partial charge is 0.355 e. The van der Waals surface area contributed by atoms with Crippen molar-refractivity contribution in [3.63, 3.8) is 0 Å². The highest BCUT2D eigenvalue weighted by atomic mass is 15.0. The molecule has 0 radical (unpaired) electrons. The molecule has 7 aromatic carbocycles. The molecule has 0 saturated heterocycles. The van der Waals surface area contributed by atoms with Gasteiger partial charge in [-0.25, -0.2) is 0 Å². The number of aromatic nitrogens is 1. The fraction of sp³-hybridized carbons (Fsp3) is 0.0455. The van der Waals surface area contributed by atoms with Gasteiger partial charge in [0.05, 0.1) is 11.0 Å². The third-order valence-electron chi connectivity index (χ3n) is 9.50. The van der Waals surface area contributed by atoms with Crippen molar-refractivity contribution in [3.8, 4) is 11.1 Å². The summed E-state index contributed by atoms with van der Waals surface area (Å²) >= 11 is 0. The Hall–Kier alpha value is -5.86. The van der Waals surface area contributed by atoms with Crippen LogP contribution in [0.3, 0.4) is 0 Å². The SMILES string of the molecule is C1=CC(c2cc3ccccc3c3ccccc23)CC(n2c3ccccc3c3ccc(Nc4ccc(-c5ccccc5)cc4)cc32)=C1. The molecule has 1 heterocycles. The predicted octanol–water partition coefficient (Wildman–Crippen LogP) is 12.1. The maximum atomic E-state index is 3.67. The van der Waals surface area contributed by atoms with Crippen LogP contribution in [0.25, 0.3) is 60.2 Å². The molecular formula is C44H32N2. The van der Waals surface area contributed by atoms with Crippen LogP contribution >= 0.6 is 0 Å². The quantitative estimate of drug-likeness (QED) is 0.198. The highest BCUT2D eigenvalue weighted by Crippen LogP contribution is 2.41. The number of benzene rings is 7. The zero-order valence-corrected chi connectivity index (χ0v) is 25.4. The Morgan fingerprint density at radius 2 is 1.15 bits per heavy atom. The van der Waals surface area contributed by atoms with E-state index in [-0.39, 0.29) is 5.92 Å². The van der Waals surface area contributed by atoms with Crippen LogP contribution in [0.2, 0.25) is 0 Å². The second kappa shape index (κ2) is 10.9. The lowest BCUT2D eigenvalue weighted by Gasteiger charge is -2.23. The molecule has 0 aliphatic heterocycles. The molecule has 0 fully saturated rings. The first-order valence-electron chi connectivity index (χ1n) is 16.0. The number of hydrogen-bond donors (Lipinski definition) is 1. The number of para-hydroxylation sites is 1. The molecule has 2 heteroatoms. The summed E-state index contributed by atoms with van der Waals surface area (Å²) in [5, 5.41) is 11.5. The zero-order valence-electron chi connectivity index (χ0n) is 25.4. The maximum absolute atomic E-state index is 3.67. The summed E-state index contributed by atoms with van der Waals surface area (Å²) < 4.78 is 2.48. The fourth-order valence-electron chi connectivity index (χ4n) is 7.33. The number of fused-ring (bicyclic) bond motifs is 6. The van der Waals surface area contributed by atoms with E-state index >= 15 is 0 Å². The smallest absolute Gasteiger partial charge is 0.0558 e. The monoisotopic (exact) mass is 588 g/mol. The van der Waals surface area contributed by atoms with E-state index in [4.69, 9.17) is 0 Å². The van der Waals surface area contributed by atoms with Crippen molar-refractivity contribution in [2.45, 2.75) is 12.3 Å². The molecule has 0 bridgehead atoms. The van der Waals surface area contributed by atoms with Crippen LogP contribution in [0, 0.1) is 0 Å². The van der Waals surface area contributed by atoms with Gasteiger partial charge >= 0.3 is 0 Å². The van der Waals surface area contributed by atoms with Crippen LogP contribution in [0.15, 0.2) is 170 Å². The molecule has 2 nitrogen and oxygen atoms in total. The standard InChI is InChI=1S/C44H32N2/c1-2-11-30(12-3-1)31-21-23-34(24-22-31)45-35-25-26-41-40-19-8-9-20-43(40)46(44(41)29-35)36-15-10-14-32(27-36)42-28-33-13-4-5-16-37(33)38-17-6-7-18-39(38)42/h1-26,28-29,32,45H,27H2. The Labute approximate surface area is 268 Å². The molecule has 0 spiro atoms. The summed E-state index contributed by atoms with van der Waals surface area (Å²) in [6, 6.07) is 54.8. The van der Waals surface area contributed by atoms with Crippen molar-refractivity contribution < 1.29 is 0 Å². The number of rotatable bonds is 5. The van der Waals surface area contributed by atoms with Gasteiger partial charge in [-0.3, -0.25) is 0 Å². The lowest BCUT2D eigenvalue weighted by atomic mass is 9.85. The minimum absolute atomic E-state index is 0.273. The van der Waals surface area contributed by atoms with E-state index < -0.39 is 0 Å². The van der Waals surface area contributed by atoms with Crippen LogP contribution < -0.4 is 5.32 Å². The van der Waals surface area contributed by atoms with Crippen molar-refractivity contribution in [3.05, 3.63) is 175 Å². The summed E-state index contributed by atoms with van der Waals surface area (Å²) in [6.45, 7) is 0. The van der Waals surface area contributed by atoms with Gasteiger partial charge in [0.2, 0.25) is 0 Å². The highest BCUT2D eigenvalue weighted by molar-refractivity contribution is 6.11. The van der Waals surface area contributed by atoms with E-state index in [1.807, 2.05) is 0 Å². The van der Waals surface area contributed by atoms with Gasteiger partial charge in [-0.2, -0.15) is 0 Å². The van der Waals surface area contributed by atoms with Crippen LogP contribution in [0.5, 0.6) is 0 Å². The van der Waals surface area contributed by atoms with Crippen molar-refractivity contribution >= 4 is 60.4 Å². The van der Waals surface area contributed by atoms with E-state index in [9.17, 15) is 0 Å². The lowest BCUT2D eigenvalue weighted by Crippen LogP contribution is -2.06. The summed E-state index contributed by atoms with van der Waals surface area (Å²) in [6.07, 6.45) is 7.85. The van der Waals surface area contributed by atoms with Crippen molar-refractivity contribution in [2.75, 3.05) is 5.32 Å². The van der Waals surface area contributed by atoms with Gasteiger partial charge in [-0.15, -0.1) is 0 Å². The van der Waals surface area contributed by atoms with Crippen molar-refractivity contribution in [1.29, 1.82) is 0 Å². The lowest BCUT2D eigenvalue weighted by molar-refractivity contribution is 0.845. The normalized spacial score (nSPS) is 14.7. The third kappa shape index (κ3) is 4.50. The summed E-state index contributed by atoms with van der Waals surface area (Å²) in [4.78, 5) is 0. The summed E-state index contributed by atoms with van der Waals surface area (Å²) in [5.74, 6) is 0.273. The molecule has 1 aromatic heterocycles. The van der Waals surface area contributed by atoms with Crippen LogP contribution in [-0.2, 0) is 0 Å². The second-order valence-corrected chi connectivity index (χ2v) is 12.2. The molecule has 1 aliphatic rings. The zero-order chi connectivity index (χ0) is 30.5. The Morgan fingerprint density at radius 1 is 0.500 bits per heavy atom. The molecule has 46 heavy (non-hydrogen) atoms. The van der Waals surface area contributed by atoms with Crippen LogP contribution in [-0.4, -0.2) is 4.57 Å². The Kier molecular flexibility index (Phi) is 6.31. The van der Waals surface area contributed by atoms with Gasteiger partial charge in [0.1, 0.15) is 0 Å². The van der Waals surface area contributed by atoms with Crippen LogP contribution in [0.1, 0.15) is 17.9 Å². The first-order chi connectivity index (χ1) is 22.8. The van der Waals surface area contributed by atoms with Gasteiger partial charge in [0.15, 0.2) is 0 Å². The molecule has 1 atom stereocenters. The second-order valence-electron chi connectivity index (χ2n) is 12.2. The van der Waals surface area contributed by atoms with E-state index in [0.717, 1.165) is 17.8 Å². The molecule has 9 rings (SSSR count). The van der Waals surface area contributed by atoms with Gasteiger partial charge < -0.3 is 9.88 Å². The third-order valence-corrected chi connectivity index (χ3v) is 9.50. The average Bonchev–Trinajstić information content (AvgIpc) is 3.45. The van der Waals surface area contributed by atoms with Gasteiger partial charge in [0.25, 0.3) is 0 Å². The first kappa shape index (κ1) is 26.5. The molecule has 0 saturated carbocycles. The van der Waals surface area contributed by atoms with Crippen molar-refractivity contribution in [2.24, 2.45) is 0 Å². The van der Waals surface area contributed by atoms with E-state index in [0.29, 0.717) is 0 Å². The maximum Gasteiger partial charge on any atom is 0.0558 e. The summed E-state index contributed by atoms with van der Waals surface area (Å²) in [5.41, 5.74) is 9.75. The molecule has 8 aromatic rings. The molecule has 218 valence electrons. The Balaban J connectivity index is 1.11. The molecule has 1 N–H and O–H groups in total. The molecule has 1 unspecified atom stereocenters. The minimum Gasteiger partial charge on any atom is -0.355 e. The Bertz CT molecular complexity index is 2460. The van der Waals surface area contributed by atoms with Crippen molar-refractivity contribution in [1.82, 2.24) is 4.57 Å². The van der Waals surface area contributed by atoms with Gasteiger partial charge in [-0.1, -0.05) is 127 Å². The molecule has 0 amide bonds. The van der Waals surface area contributed by atoms with Gasteiger partial charge in [0, 0.05) is 33.8 Å². The van der Waals surface area contributed by atoms with Gasteiger partial charge in [-0.05, 0) is 87.1 Å². The first-order valence-corrected chi connectivity index (χ1v) is 16.0. The fourth-order valence-corrected chi connectivity index (χ4v) is 7.33. The molecular weight excluding hydrogens is 556 g/mol. The highest BCUT2D eigenvalue weighted by Gasteiger charge is 2.21. The minimum atomic E-state index is 0.273. The Morgan fingerprint density at radius 3 is 2.00 bits per heavy atom. The number of anilines is 2. The number of allylic oxidation sites excluding steroid dienone is 4. The average molecular weight is 589 g/mol. The van der Waals surface area contributed by atoms with Crippen LogP contribution in [0.4, 0.5) is 11.4 Å². The topological polar surface area (TPSA) is 17.0 Å². The van der Waals surface area contributed by atoms with E-state index in [1.165, 1.54) is 65.7 Å². The number of hydrogen-bond acceptors (Lipinski definition) is 1. The number of nitrogens with one attached hydrogen (secondary N) is 1. The molecule has 1 aliphatic carbocycles. The number of nitrogens with zero attached hydrogens (tertiary/aromatic N) is 1. The van der Waals surface area contributed by atoms with E-state index in [2.05, 4.69) is 180 Å². The summed E-state index contributed by atoms with van der Waals surface area (Å²) in [7, 11) is 0. The predicted molar refractivity (Wildman–Crippen MR) is 197 cm³/mol.